The van der Waals surface area contributed by atoms with Gasteiger partial charge in [0, 0.05) is 18.9 Å². The molecule has 0 saturated heterocycles. The molecule has 6 heteroatoms. The number of nitrogens with zero attached hydrogens (tertiary/aromatic N) is 1. The molecule has 0 unspecified atom stereocenters. The zero-order valence-corrected chi connectivity index (χ0v) is 13.9. The summed E-state index contributed by atoms with van der Waals surface area (Å²) in [6, 6.07) is 7.18. The molecule has 24 heavy (non-hydrogen) atoms. The van der Waals surface area contributed by atoms with Gasteiger partial charge in [-0.1, -0.05) is 6.07 Å². The number of ether oxygens (including phenoxy) is 2. The fourth-order valence-electron chi connectivity index (χ4n) is 2.55. The molecule has 0 aliphatic heterocycles. The van der Waals surface area contributed by atoms with Crippen LogP contribution in [-0.2, 0) is 14.3 Å². The Balaban J connectivity index is 2.32. The standard InChI is InChI=1S/C18H21NO5/c1-23-13-6-3-5-12(11-13)19-14-7-4-8-15(20)18(14)16(21)9-10-17(22)24-2/h3,5-6,11,21H,4,7-10H2,1-2H3/b18-16+,19-14?. The lowest BCUT2D eigenvalue weighted by Crippen LogP contribution is -2.21. The van der Waals surface area contributed by atoms with Crippen molar-refractivity contribution in [3.8, 4) is 5.75 Å². The van der Waals surface area contributed by atoms with Crippen LogP contribution in [0.1, 0.15) is 32.1 Å². The Bertz CT molecular complexity index is 690. The molecule has 0 atom stereocenters. The third-order valence-corrected chi connectivity index (χ3v) is 3.78. The normalized spacial score (nSPS) is 18.4. The highest BCUT2D eigenvalue weighted by Crippen LogP contribution is 2.27. The molecule has 1 aromatic rings. The van der Waals surface area contributed by atoms with Crippen LogP contribution in [0, 0.1) is 0 Å². The molecule has 0 bridgehead atoms. The van der Waals surface area contributed by atoms with Gasteiger partial charge in [0.2, 0.25) is 0 Å². The van der Waals surface area contributed by atoms with Crippen LogP contribution in [0.3, 0.4) is 0 Å². The highest BCUT2D eigenvalue weighted by molar-refractivity contribution is 6.24. The van der Waals surface area contributed by atoms with Gasteiger partial charge in [-0.25, -0.2) is 0 Å². The quantitative estimate of drug-likeness (QED) is 0.508. The predicted molar refractivity (Wildman–Crippen MR) is 89.9 cm³/mol. The molecule has 0 amide bonds. The first-order valence-corrected chi connectivity index (χ1v) is 7.79. The number of aliphatic hydroxyl groups excluding tert-OH is 1. The highest BCUT2D eigenvalue weighted by atomic mass is 16.5. The summed E-state index contributed by atoms with van der Waals surface area (Å²) in [6.07, 6.45) is 1.74. The summed E-state index contributed by atoms with van der Waals surface area (Å²) in [5, 5.41) is 10.3. The van der Waals surface area contributed by atoms with Gasteiger partial charge in [0.25, 0.3) is 0 Å². The molecular formula is C18H21NO5. The van der Waals surface area contributed by atoms with E-state index in [4.69, 9.17) is 4.74 Å². The Hall–Kier alpha value is -2.63. The number of methoxy groups -OCH3 is 2. The number of allylic oxidation sites excluding steroid dienone is 2. The van der Waals surface area contributed by atoms with Crippen molar-refractivity contribution in [2.24, 2.45) is 4.99 Å². The number of Topliss-reactive ketones (excluding diaryl/α,β-unsaturated/α-hetero) is 1. The van der Waals surface area contributed by atoms with Crippen molar-refractivity contribution in [3.05, 3.63) is 35.6 Å². The number of benzene rings is 1. The molecule has 1 N–H and O–H groups in total. The summed E-state index contributed by atoms with van der Waals surface area (Å²) in [4.78, 5) is 28.0. The first-order chi connectivity index (χ1) is 11.5. The van der Waals surface area contributed by atoms with Crippen LogP contribution >= 0.6 is 0 Å². The van der Waals surface area contributed by atoms with Crippen molar-refractivity contribution in [1.82, 2.24) is 0 Å². The average Bonchev–Trinajstić information content (AvgIpc) is 2.59. The van der Waals surface area contributed by atoms with E-state index in [1.54, 1.807) is 25.3 Å². The molecule has 2 rings (SSSR count). The topological polar surface area (TPSA) is 85.2 Å². The van der Waals surface area contributed by atoms with Gasteiger partial charge in [0.05, 0.1) is 37.6 Å². The van der Waals surface area contributed by atoms with Gasteiger partial charge in [-0.15, -0.1) is 0 Å². The first-order valence-electron chi connectivity index (χ1n) is 7.79. The van der Waals surface area contributed by atoms with Crippen LogP contribution in [0.25, 0.3) is 0 Å². The van der Waals surface area contributed by atoms with Crippen LogP contribution < -0.4 is 4.74 Å². The molecule has 0 heterocycles. The van der Waals surface area contributed by atoms with Crippen molar-refractivity contribution in [3.63, 3.8) is 0 Å². The lowest BCUT2D eigenvalue weighted by molar-refractivity contribution is -0.140. The van der Waals surface area contributed by atoms with E-state index in [1.165, 1.54) is 7.11 Å². The Morgan fingerprint density at radius 2 is 2.04 bits per heavy atom. The summed E-state index contributed by atoms with van der Waals surface area (Å²) in [5.74, 6) is -0.0203. The molecule has 1 aliphatic rings. The van der Waals surface area contributed by atoms with E-state index < -0.39 is 5.97 Å². The van der Waals surface area contributed by atoms with Gasteiger partial charge in [0.15, 0.2) is 5.78 Å². The SMILES string of the molecule is COC(=O)CC/C(O)=C1\C(=O)CCCC1=Nc1cccc(OC)c1. The maximum atomic E-state index is 12.2. The Morgan fingerprint density at radius 3 is 2.75 bits per heavy atom. The van der Waals surface area contributed by atoms with Crippen molar-refractivity contribution < 1.29 is 24.2 Å². The van der Waals surface area contributed by atoms with Crippen LogP contribution in [0.2, 0.25) is 0 Å². The number of carbonyl (C=O) groups is 2. The van der Waals surface area contributed by atoms with Gasteiger partial charge >= 0.3 is 5.97 Å². The van der Waals surface area contributed by atoms with E-state index in [1.807, 2.05) is 6.07 Å². The van der Waals surface area contributed by atoms with E-state index in [0.717, 1.165) is 0 Å². The molecule has 128 valence electrons. The second-order valence-corrected chi connectivity index (χ2v) is 5.43. The number of rotatable bonds is 5. The zero-order chi connectivity index (χ0) is 17.5. The molecule has 1 aliphatic carbocycles. The zero-order valence-electron chi connectivity index (χ0n) is 13.9. The number of aliphatic imine (C=N–C) groups is 1. The highest BCUT2D eigenvalue weighted by Gasteiger charge is 2.25. The predicted octanol–water partition coefficient (Wildman–Crippen LogP) is 3.29. The van der Waals surface area contributed by atoms with E-state index >= 15 is 0 Å². The number of esters is 1. The van der Waals surface area contributed by atoms with Crippen molar-refractivity contribution in [2.45, 2.75) is 32.1 Å². The molecule has 0 radical (unpaired) electrons. The third kappa shape index (κ3) is 4.44. The second kappa shape index (κ2) is 8.29. The molecule has 0 spiro atoms. The number of aliphatic hydroxyl groups is 1. The largest absolute Gasteiger partial charge is 0.511 e. The average molecular weight is 331 g/mol. The minimum atomic E-state index is -0.434. The third-order valence-electron chi connectivity index (χ3n) is 3.78. The first kappa shape index (κ1) is 17.7. The maximum Gasteiger partial charge on any atom is 0.305 e. The fourth-order valence-corrected chi connectivity index (χ4v) is 2.55. The smallest absolute Gasteiger partial charge is 0.305 e. The van der Waals surface area contributed by atoms with Crippen LogP contribution in [0.15, 0.2) is 40.6 Å². The van der Waals surface area contributed by atoms with Crippen LogP contribution in [0.5, 0.6) is 5.75 Å². The van der Waals surface area contributed by atoms with Crippen molar-refractivity contribution >= 4 is 23.2 Å². The summed E-state index contributed by atoms with van der Waals surface area (Å²) in [6.45, 7) is 0. The van der Waals surface area contributed by atoms with Crippen LogP contribution in [0.4, 0.5) is 5.69 Å². The van der Waals surface area contributed by atoms with Crippen molar-refractivity contribution in [2.75, 3.05) is 14.2 Å². The minimum absolute atomic E-state index is 0.0194. The van der Waals surface area contributed by atoms with Gasteiger partial charge in [-0.2, -0.15) is 0 Å². The Labute approximate surface area is 140 Å². The summed E-state index contributed by atoms with van der Waals surface area (Å²) < 4.78 is 9.73. The van der Waals surface area contributed by atoms with Gasteiger partial charge < -0.3 is 14.6 Å². The molecule has 6 nitrogen and oxygen atoms in total. The van der Waals surface area contributed by atoms with Gasteiger partial charge in [-0.05, 0) is 25.0 Å². The second-order valence-electron chi connectivity index (χ2n) is 5.43. The summed E-state index contributed by atoms with van der Waals surface area (Å²) >= 11 is 0. The lowest BCUT2D eigenvalue weighted by Gasteiger charge is -2.18. The summed E-state index contributed by atoms with van der Waals surface area (Å²) in [5.41, 5.74) is 1.42. The van der Waals surface area contributed by atoms with E-state index in [0.29, 0.717) is 36.4 Å². The Morgan fingerprint density at radius 1 is 1.25 bits per heavy atom. The minimum Gasteiger partial charge on any atom is -0.511 e. The van der Waals surface area contributed by atoms with Gasteiger partial charge in [-0.3, -0.25) is 14.6 Å². The molecule has 0 aromatic heterocycles. The number of hydrogen-bond acceptors (Lipinski definition) is 6. The van der Waals surface area contributed by atoms with E-state index in [9.17, 15) is 14.7 Å². The molecular weight excluding hydrogens is 310 g/mol. The lowest BCUT2D eigenvalue weighted by atomic mass is 9.89. The van der Waals surface area contributed by atoms with E-state index in [2.05, 4.69) is 9.73 Å². The monoisotopic (exact) mass is 331 g/mol. The maximum absolute atomic E-state index is 12.2. The molecule has 1 aromatic carbocycles. The van der Waals surface area contributed by atoms with E-state index in [-0.39, 0.29) is 30.0 Å². The van der Waals surface area contributed by atoms with Crippen LogP contribution in [-0.4, -0.2) is 36.8 Å². The summed E-state index contributed by atoms with van der Waals surface area (Å²) in [7, 11) is 2.86. The molecule has 1 fully saturated rings. The number of carbonyl (C=O) groups excluding carboxylic acids is 2. The number of hydrogen-bond donors (Lipinski definition) is 1. The molecule has 1 saturated carbocycles. The number of ketones is 1. The van der Waals surface area contributed by atoms with Gasteiger partial charge in [0.1, 0.15) is 11.5 Å². The Kier molecular flexibility index (Phi) is 6.12. The van der Waals surface area contributed by atoms with Crippen molar-refractivity contribution in [1.29, 1.82) is 0 Å². The fraction of sp³-hybridized carbons (Fsp3) is 0.389.